The second kappa shape index (κ2) is 7.49. The highest BCUT2D eigenvalue weighted by Gasteiger charge is 2.44. The fourth-order valence-corrected chi connectivity index (χ4v) is 4.91. The number of benzene rings is 1. The minimum Gasteiger partial charge on any atom is -0.339 e. The van der Waals surface area contributed by atoms with Crippen molar-refractivity contribution in [1.82, 2.24) is 9.80 Å². The first kappa shape index (κ1) is 18.4. The summed E-state index contributed by atoms with van der Waals surface area (Å²) in [4.78, 5) is 17.3. The summed E-state index contributed by atoms with van der Waals surface area (Å²) in [6.07, 6.45) is 6.05. The van der Waals surface area contributed by atoms with Crippen LogP contribution in [0.15, 0.2) is 24.3 Å². The Labute approximate surface area is 153 Å². The van der Waals surface area contributed by atoms with Crippen LogP contribution in [0.4, 0.5) is 0 Å². The third kappa shape index (κ3) is 4.08. The lowest BCUT2D eigenvalue weighted by atomic mass is 10.0. The number of carbonyl (C=O) groups is 1. The van der Waals surface area contributed by atoms with Crippen LogP contribution in [0.3, 0.4) is 0 Å². The van der Waals surface area contributed by atoms with Crippen LogP contribution in [0.2, 0.25) is 0 Å². The molecule has 138 valence electrons. The van der Waals surface area contributed by atoms with Gasteiger partial charge in [0, 0.05) is 24.7 Å². The fraction of sp³-hybridized carbons (Fsp3) is 0.682. The molecule has 2 aliphatic carbocycles. The molecular weight excluding hydrogens is 308 g/mol. The van der Waals surface area contributed by atoms with Crippen LogP contribution in [-0.2, 0) is 6.42 Å². The molecule has 0 saturated heterocycles. The zero-order valence-corrected chi connectivity index (χ0v) is 16.5. The summed E-state index contributed by atoms with van der Waals surface area (Å²) in [6.45, 7) is 4.45. The first-order chi connectivity index (χ1) is 11.8. The minimum atomic E-state index is 0.185. The number of amides is 1. The van der Waals surface area contributed by atoms with Crippen molar-refractivity contribution in [3.8, 4) is 0 Å². The third-order valence-electron chi connectivity index (χ3n) is 6.41. The van der Waals surface area contributed by atoms with E-state index in [1.807, 2.05) is 24.1 Å². The number of hydrogen-bond acceptors (Lipinski definition) is 2. The molecule has 0 radical (unpaired) electrons. The first-order valence-electron chi connectivity index (χ1n) is 9.87. The predicted molar refractivity (Wildman–Crippen MR) is 104 cm³/mol. The molecule has 3 heteroatoms. The normalized spacial score (nSPS) is 28.6. The summed E-state index contributed by atoms with van der Waals surface area (Å²) < 4.78 is 0. The molecule has 0 aliphatic heterocycles. The summed E-state index contributed by atoms with van der Waals surface area (Å²) in [5.41, 5.74) is 2.15. The van der Waals surface area contributed by atoms with Crippen LogP contribution >= 0.6 is 0 Å². The van der Waals surface area contributed by atoms with Gasteiger partial charge in [-0.3, -0.25) is 4.79 Å². The molecule has 0 N–H and O–H groups in total. The smallest absolute Gasteiger partial charge is 0.253 e. The molecule has 0 bridgehead atoms. The topological polar surface area (TPSA) is 23.6 Å². The van der Waals surface area contributed by atoms with E-state index < -0.39 is 0 Å². The molecular formula is C22H34N2O. The maximum Gasteiger partial charge on any atom is 0.253 e. The number of fused-ring (bicyclic) bond motifs is 1. The van der Waals surface area contributed by atoms with Crippen molar-refractivity contribution < 1.29 is 4.79 Å². The largest absolute Gasteiger partial charge is 0.339 e. The molecule has 3 rings (SSSR count). The van der Waals surface area contributed by atoms with Crippen molar-refractivity contribution in [2.75, 3.05) is 21.1 Å². The van der Waals surface area contributed by atoms with E-state index in [2.05, 4.69) is 45.0 Å². The van der Waals surface area contributed by atoms with Crippen molar-refractivity contribution >= 4 is 5.91 Å². The van der Waals surface area contributed by atoms with Crippen molar-refractivity contribution in [1.29, 1.82) is 0 Å². The lowest BCUT2D eigenvalue weighted by Crippen LogP contribution is -2.36. The van der Waals surface area contributed by atoms with Gasteiger partial charge in [-0.1, -0.05) is 26.0 Å². The number of carbonyl (C=O) groups excluding carboxylic acids is 1. The van der Waals surface area contributed by atoms with Gasteiger partial charge in [0.1, 0.15) is 0 Å². The van der Waals surface area contributed by atoms with Gasteiger partial charge < -0.3 is 9.80 Å². The molecule has 2 aliphatic rings. The molecule has 4 atom stereocenters. The van der Waals surface area contributed by atoms with E-state index in [1.165, 1.54) is 31.2 Å². The molecule has 0 heterocycles. The number of nitrogens with zero attached hydrogens (tertiary/aromatic N) is 2. The van der Waals surface area contributed by atoms with E-state index in [9.17, 15) is 4.79 Å². The maximum absolute atomic E-state index is 12.9. The second-order valence-electron chi connectivity index (χ2n) is 8.95. The Kier molecular flexibility index (Phi) is 5.52. The number of rotatable bonds is 5. The third-order valence-corrected chi connectivity index (χ3v) is 6.41. The Morgan fingerprint density at radius 2 is 1.48 bits per heavy atom. The van der Waals surface area contributed by atoms with Gasteiger partial charge in [0.15, 0.2) is 0 Å². The van der Waals surface area contributed by atoms with E-state index in [0.29, 0.717) is 12.0 Å². The zero-order valence-electron chi connectivity index (χ0n) is 16.5. The monoisotopic (exact) mass is 342 g/mol. The highest BCUT2D eigenvalue weighted by Crippen LogP contribution is 2.46. The van der Waals surface area contributed by atoms with Crippen LogP contribution < -0.4 is 0 Å². The van der Waals surface area contributed by atoms with E-state index in [-0.39, 0.29) is 5.91 Å². The summed E-state index contributed by atoms with van der Waals surface area (Å²) >= 11 is 0. The lowest BCUT2D eigenvalue weighted by molar-refractivity contribution is 0.0726. The SMILES string of the molecule is CC(C)Cc1ccc(C(=O)N(C)C2C[C@H]3CC(N(C)C)C[C@H]3C2)cc1. The summed E-state index contributed by atoms with van der Waals surface area (Å²) in [6, 6.07) is 9.41. The van der Waals surface area contributed by atoms with Gasteiger partial charge in [-0.15, -0.1) is 0 Å². The summed E-state index contributed by atoms with van der Waals surface area (Å²) in [5.74, 6) is 2.44. The Hall–Kier alpha value is -1.35. The van der Waals surface area contributed by atoms with Gasteiger partial charge in [-0.25, -0.2) is 0 Å². The lowest BCUT2D eigenvalue weighted by Gasteiger charge is -2.27. The highest BCUT2D eigenvalue weighted by molar-refractivity contribution is 5.94. The first-order valence-corrected chi connectivity index (χ1v) is 9.87. The van der Waals surface area contributed by atoms with Crippen LogP contribution in [0, 0.1) is 17.8 Å². The number of hydrogen-bond donors (Lipinski definition) is 0. The van der Waals surface area contributed by atoms with E-state index in [4.69, 9.17) is 0 Å². The van der Waals surface area contributed by atoms with Crippen molar-refractivity contribution in [2.24, 2.45) is 17.8 Å². The molecule has 1 amide bonds. The molecule has 2 saturated carbocycles. The second-order valence-corrected chi connectivity index (χ2v) is 8.95. The zero-order chi connectivity index (χ0) is 18.1. The average molecular weight is 343 g/mol. The maximum atomic E-state index is 12.9. The van der Waals surface area contributed by atoms with Crippen molar-refractivity contribution in [2.45, 2.75) is 58.0 Å². The van der Waals surface area contributed by atoms with Crippen LogP contribution in [0.5, 0.6) is 0 Å². The van der Waals surface area contributed by atoms with Gasteiger partial charge in [0.05, 0.1) is 0 Å². The fourth-order valence-electron chi connectivity index (χ4n) is 4.91. The van der Waals surface area contributed by atoms with Crippen molar-refractivity contribution in [3.63, 3.8) is 0 Å². The van der Waals surface area contributed by atoms with Gasteiger partial charge in [0.2, 0.25) is 0 Å². The van der Waals surface area contributed by atoms with Crippen LogP contribution in [0.25, 0.3) is 0 Å². The van der Waals surface area contributed by atoms with Crippen LogP contribution in [0.1, 0.15) is 55.5 Å². The summed E-state index contributed by atoms with van der Waals surface area (Å²) in [5, 5.41) is 0. The molecule has 0 aromatic heterocycles. The van der Waals surface area contributed by atoms with E-state index in [0.717, 1.165) is 29.9 Å². The Morgan fingerprint density at radius 3 is 1.96 bits per heavy atom. The van der Waals surface area contributed by atoms with Gasteiger partial charge in [0.25, 0.3) is 5.91 Å². The predicted octanol–water partition coefficient (Wildman–Crippen LogP) is 4.08. The highest BCUT2D eigenvalue weighted by atomic mass is 16.2. The van der Waals surface area contributed by atoms with Crippen molar-refractivity contribution in [3.05, 3.63) is 35.4 Å². The molecule has 3 nitrogen and oxygen atoms in total. The molecule has 1 aromatic rings. The molecule has 1 aromatic carbocycles. The molecule has 2 unspecified atom stereocenters. The van der Waals surface area contributed by atoms with Gasteiger partial charge in [-0.05, 0) is 81.6 Å². The van der Waals surface area contributed by atoms with Gasteiger partial charge in [-0.2, -0.15) is 0 Å². The Morgan fingerprint density at radius 1 is 0.960 bits per heavy atom. The van der Waals surface area contributed by atoms with E-state index in [1.54, 1.807) is 0 Å². The minimum absolute atomic E-state index is 0.185. The Balaban J connectivity index is 1.59. The standard InChI is InChI=1S/C22H34N2O/c1-15(2)10-16-6-8-17(9-7-16)22(25)24(5)21-13-18-11-20(23(3)4)12-19(18)14-21/h6-9,15,18-21H,10-14H2,1-5H3/t18-,19+,20?,21?. The van der Waals surface area contributed by atoms with Crippen LogP contribution in [-0.4, -0.2) is 48.9 Å². The average Bonchev–Trinajstić information content (AvgIpc) is 3.12. The molecule has 25 heavy (non-hydrogen) atoms. The quantitative estimate of drug-likeness (QED) is 0.805. The molecule has 2 fully saturated rings. The molecule has 0 spiro atoms. The van der Waals surface area contributed by atoms with Gasteiger partial charge >= 0.3 is 0 Å². The van der Waals surface area contributed by atoms with E-state index >= 15 is 0 Å². The summed E-state index contributed by atoms with van der Waals surface area (Å²) in [7, 11) is 6.39. The Bertz CT molecular complexity index is 579.